The fourth-order valence-electron chi connectivity index (χ4n) is 3.01. The van der Waals surface area contributed by atoms with Crippen LogP contribution in [0, 0.1) is 0 Å². The van der Waals surface area contributed by atoms with Crippen molar-refractivity contribution in [3.63, 3.8) is 0 Å². The number of hydrogen-bond acceptors (Lipinski definition) is 7. The molecule has 0 N–H and O–H groups in total. The van der Waals surface area contributed by atoms with Gasteiger partial charge in [0.15, 0.2) is 28.9 Å². The van der Waals surface area contributed by atoms with Gasteiger partial charge in [-0.05, 0) is 41.5 Å². The molecule has 3 saturated heterocycles. The van der Waals surface area contributed by atoms with Crippen molar-refractivity contribution in [1.29, 1.82) is 0 Å². The maximum Gasteiger partial charge on any atom is 0.190 e. The third kappa shape index (κ3) is 3.63. The van der Waals surface area contributed by atoms with Crippen molar-refractivity contribution >= 4 is 11.1 Å². The number of ether oxygens (including phenoxy) is 5. The van der Waals surface area contributed by atoms with Crippen LogP contribution in [-0.2, 0) is 38.9 Å². The molecule has 0 aliphatic carbocycles. The fourth-order valence-corrected chi connectivity index (χ4v) is 3.67. The van der Waals surface area contributed by atoms with Crippen molar-refractivity contribution in [3.8, 4) is 0 Å². The van der Waals surface area contributed by atoms with Gasteiger partial charge in [-0.2, -0.15) is 0 Å². The van der Waals surface area contributed by atoms with E-state index in [0.717, 1.165) is 0 Å². The SMILES string of the molecule is CC(C)[S@](=O)O[C@@H]1[C@H]2OC(C)(C)O[C@H]2O[C@@H]1[C@H]1COC(C)(C)O1. The van der Waals surface area contributed by atoms with Crippen LogP contribution in [0.1, 0.15) is 41.5 Å². The van der Waals surface area contributed by atoms with Crippen LogP contribution in [0.15, 0.2) is 0 Å². The van der Waals surface area contributed by atoms with Crippen molar-refractivity contribution in [2.45, 2.75) is 89.1 Å². The average Bonchev–Trinajstić information content (AvgIpc) is 3.01. The first kappa shape index (κ1) is 17.7. The lowest BCUT2D eigenvalue weighted by Gasteiger charge is -2.28. The van der Waals surface area contributed by atoms with Gasteiger partial charge in [0.05, 0.1) is 11.9 Å². The summed E-state index contributed by atoms with van der Waals surface area (Å²) in [6.07, 6.45) is -2.31. The molecule has 0 aromatic carbocycles. The standard InChI is InChI=1S/C15H26O7S/c1-8(2)23(16)22-11-10(9-7-17-14(3,4)19-9)18-13-12(11)20-15(5,6)21-13/h8-13H,7H2,1-6H3/t9-,10-,11+,12-,13-,23-/m1/s1. The van der Waals surface area contributed by atoms with Gasteiger partial charge in [-0.3, -0.25) is 4.18 Å². The maximum absolute atomic E-state index is 12.2. The molecule has 3 aliphatic heterocycles. The Balaban J connectivity index is 1.77. The monoisotopic (exact) mass is 350 g/mol. The topological polar surface area (TPSA) is 72.5 Å². The van der Waals surface area contributed by atoms with Gasteiger partial charge in [0.25, 0.3) is 0 Å². The lowest BCUT2D eigenvalue weighted by molar-refractivity contribution is -0.230. The molecular weight excluding hydrogens is 324 g/mol. The van der Waals surface area contributed by atoms with E-state index in [1.165, 1.54) is 0 Å². The maximum atomic E-state index is 12.2. The summed E-state index contributed by atoms with van der Waals surface area (Å²) in [5, 5.41) is -0.123. The van der Waals surface area contributed by atoms with Gasteiger partial charge in [0.2, 0.25) is 0 Å². The molecule has 3 heterocycles. The van der Waals surface area contributed by atoms with E-state index < -0.39 is 47.3 Å². The van der Waals surface area contributed by atoms with Crippen LogP contribution in [0.2, 0.25) is 0 Å². The molecule has 3 rings (SSSR count). The van der Waals surface area contributed by atoms with Crippen LogP contribution < -0.4 is 0 Å². The van der Waals surface area contributed by atoms with E-state index in [9.17, 15) is 4.21 Å². The zero-order valence-corrected chi connectivity index (χ0v) is 15.3. The van der Waals surface area contributed by atoms with Crippen molar-refractivity contribution in [1.82, 2.24) is 0 Å². The van der Waals surface area contributed by atoms with Gasteiger partial charge in [0.1, 0.15) is 24.4 Å². The van der Waals surface area contributed by atoms with E-state index in [-0.39, 0.29) is 11.4 Å². The molecule has 134 valence electrons. The molecule has 0 amide bonds. The molecule has 7 nitrogen and oxygen atoms in total. The Hall–Kier alpha value is -0.0900. The molecule has 0 spiro atoms. The van der Waals surface area contributed by atoms with Gasteiger partial charge < -0.3 is 23.7 Å². The minimum absolute atomic E-state index is 0.123. The summed E-state index contributed by atoms with van der Waals surface area (Å²) < 4.78 is 47.1. The molecule has 8 heteroatoms. The first-order valence-electron chi connectivity index (χ1n) is 7.98. The largest absolute Gasteiger partial charge is 0.348 e. The third-order valence-electron chi connectivity index (χ3n) is 4.01. The molecule has 0 aromatic heterocycles. The van der Waals surface area contributed by atoms with Gasteiger partial charge in [-0.25, -0.2) is 4.21 Å². The Labute approximate surface area is 139 Å². The van der Waals surface area contributed by atoms with Crippen molar-refractivity contribution in [2.24, 2.45) is 0 Å². The van der Waals surface area contributed by atoms with Crippen LogP contribution in [0.25, 0.3) is 0 Å². The van der Waals surface area contributed by atoms with E-state index in [4.69, 9.17) is 27.9 Å². The number of rotatable bonds is 4. The highest BCUT2D eigenvalue weighted by Gasteiger charge is 2.59. The van der Waals surface area contributed by atoms with Gasteiger partial charge in [-0.15, -0.1) is 0 Å². The van der Waals surface area contributed by atoms with Gasteiger partial charge >= 0.3 is 0 Å². The molecular formula is C15H26O7S. The highest BCUT2D eigenvalue weighted by atomic mass is 32.2. The molecule has 0 saturated carbocycles. The Morgan fingerprint density at radius 1 is 1.04 bits per heavy atom. The van der Waals surface area contributed by atoms with E-state index >= 15 is 0 Å². The summed E-state index contributed by atoms with van der Waals surface area (Å²) in [4.78, 5) is 0. The predicted octanol–water partition coefficient (Wildman–Crippen LogP) is 1.47. The quantitative estimate of drug-likeness (QED) is 0.760. The summed E-state index contributed by atoms with van der Waals surface area (Å²) in [5.41, 5.74) is 0. The minimum atomic E-state index is -1.45. The second-order valence-electron chi connectivity index (χ2n) is 7.31. The molecule has 0 radical (unpaired) electrons. The summed E-state index contributed by atoms with van der Waals surface area (Å²) in [7, 11) is 0. The summed E-state index contributed by atoms with van der Waals surface area (Å²) >= 11 is -1.45. The lowest BCUT2D eigenvalue weighted by atomic mass is 10.1. The molecule has 3 fully saturated rings. The molecule has 6 atom stereocenters. The first-order chi connectivity index (χ1) is 10.6. The molecule has 0 unspecified atom stereocenters. The fraction of sp³-hybridized carbons (Fsp3) is 1.00. The zero-order chi connectivity index (χ0) is 17.0. The van der Waals surface area contributed by atoms with Crippen LogP contribution in [0.5, 0.6) is 0 Å². The van der Waals surface area contributed by atoms with Crippen LogP contribution in [-0.4, -0.2) is 58.3 Å². The van der Waals surface area contributed by atoms with Crippen molar-refractivity contribution in [2.75, 3.05) is 6.61 Å². The van der Waals surface area contributed by atoms with E-state index in [2.05, 4.69) is 0 Å². The Morgan fingerprint density at radius 2 is 1.74 bits per heavy atom. The summed E-state index contributed by atoms with van der Waals surface area (Å²) in [6.45, 7) is 11.4. The van der Waals surface area contributed by atoms with E-state index in [0.29, 0.717) is 6.61 Å². The minimum Gasteiger partial charge on any atom is -0.348 e. The highest BCUT2D eigenvalue weighted by Crippen LogP contribution is 2.42. The predicted molar refractivity (Wildman–Crippen MR) is 81.8 cm³/mol. The van der Waals surface area contributed by atoms with Crippen LogP contribution >= 0.6 is 0 Å². The van der Waals surface area contributed by atoms with E-state index in [1.807, 2.05) is 41.5 Å². The Kier molecular flexibility index (Phi) is 4.63. The summed E-state index contributed by atoms with van der Waals surface area (Å²) in [6, 6.07) is 0. The van der Waals surface area contributed by atoms with Crippen LogP contribution in [0.4, 0.5) is 0 Å². The van der Waals surface area contributed by atoms with Crippen molar-refractivity contribution < 1.29 is 32.1 Å². The molecule has 0 bridgehead atoms. The highest BCUT2D eigenvalue weighted by molar-refractivity contribution is 7.80. The van der Waals surface area contributed by atoms with Crippen molar-refractivity contribution in [3.05, 3.63) is 0 Å². The lowest BCUT2D eigenvalue weighted by Crippen LogP contribution is -2.45. The number of hydrogen-bond donors (Lipinski definition) is 0. The van der Waals surface area contributed by atoms with Gasteiger partial charge in [0, 0.05) is 0 Å². The Bertz CT molecular complexity index is 478. The third-order valence-corrected chi connectivity index (χ3v) is 5.20. The molecule has 3 aliphatic rings. The molecule has 0 aromatic rings. The number of fused-ring (bicyclic) bond motifs is 1. The summed E-state index contributed by atoms with van der Waals surface area (Å²) in [5.74, 6) is -1.43. The average molecular weight is 350 g/mol. The van der Waals surface area contributed by atoms with Crippen LogP contribution in [0.3, 0.4) is 0 Å². The zero-order valence-electron chi connectivity index (χ0n) is 14.4. The van der Waals surface area contributed by atoms with E-state index in [1.54, 1.807) is 0 Å². The second-order valence-corrected chi connectivity index (χ2v) is 8.96. The smallest absolute Gasteiger partial charge is 0.190 e. The molecule has 23 heavy (non-hydrogen) atoms. The first-order valence-corrected chi connectivity index (χ1v) is 9.12. The van der Waals surface area contributed by atoms with Gasteiger partial charge in [-0.1, -0.05) is 0 Å². The Morgan fingerprint density at radius 3 is 2.30 bits per heavy atom. The second kappa shape index (κ2) is 6.01. The normalized spacial score (nSPS) is 43.0.